The molecule has 3 N–H and O–H groups in total. The summed E-state index contributed by atoms with van der Waals surface area (Å²) in [6.45, 7) is 1.44. The van der Waals surface area contributed by atoms with Crippen molar-refractivity contribution in [3.8, 4) is 17.4 Å². The van der Waals surface area contributed by atoms with Crippen LogP contribution >= 0.6 is 0 Å². The summed E-state index contributed by atoms with van der Waals surface area (Å²) in [4.78, 5) is 4.11. The highest BCUT2D eigenvalue weighted by Gasteiger charge is 2.19. The van der Waals surface area contributed by atoms with Gasteiger partial charge in [-0.25, -0.2) is 0 Å². The summed E-state index contributed by atoms with van der Waals surface area (Å²) in [5, 5.41) is 26.8. The molecule has 0 amide bonds. The Kier molecular flexibility index (Phi) is 3.74. The fourth-order valence-electron chi connectivity index (χ4n) is 1.65. The Morgan fingerprint density at radius 3 is 2.45 bits per heavy atom. The van der Waals surface area contributed by atoms with E-state index in [9.17, 15) is 10.2 Å². The molecule has 6 heteroatoms. The van der Waals surface area contributed by atoms with Crippen molar-refractivity contribution >= 4 is 17.6 Å². The zero-order valence-electron chi connectivity index (χ0n) is 11.0. The summed E-state index contributed by atoms with van der Waals surface area (Å²) in [5.41, 5.74) is 0.614. The first-order valence-electron chi connectivity index (χ1n) is 5.81. The van der Waals surface area contributed by atoms with E-state index in [1.165, 1.54) is 13.1 Å². The summed E-state index contributed by atoms with van der Waals surface area (Å²) in [5.74, 6) is -0.0810. The predicted molar refractivity (Wildman–Crippen MR) is 74.8 cm³/mol. The van der Waals surface area contributed by atoms with Gasteiger partial charge in [-0.05, 0) is 31.2 Å². The van der Waals surface area contributed by atoms with E-state index < -0.39 is 5.95 Å². The summed E-state index contributed by atoms with van der Waals surface area (Å²) >= 11 is 0. The molecule has 0 spiro atoms. The van der Waals surface area contributed by atoms with Crippen molar-refractivity contribution in [2.24, 2.45) is 4.99 Å². The van der Waals surface area contributed by atoms with Gasteiger partial charge in [0.15, 0.2) is 11.5 Å². The van der Waals surface area contributed by atoms with Gasteiger partial charge in [0.05, 0.1) is 19.0 Å². The van der Waals surface area contributed by atoms with Crippen LogP contribution in [0.2, 0.25) is 0 Å². The molecule has 1 heterocycles. The third kappa shape index (κ3) is 2.64. The number of furan rings is 1. The monoisotopic (exact) mass is 274 g/mol. The highest BCUT2D eigenvalue weighted by Crippen LogP contribution is 2.33. The van der Waals surface area contributed by atoms with E-state index in [4.69, 9.17) is 14.6 Å². The lowest BCUT2D eigenvalue weighted by atomic mass is 10.2. The van der Waals surface area contributed by atoms with Crippen molar-refractivity contribution in [2.75, 3.05) is 7.11 Å². The number of benzene rings is 1. The van der Waals surface area contributed by atoms with Crippen LogP contribution in [0.5, 0.6) is 17.4 Å². The molecule has 2 rings (SSSR count). The van der Waals surface area contributed by atoms with Gasteiger partial charge in [-0.15, -0.1) is 0 Å². The van der Waals surface area contributed by atoms with Crippen LogP contribution in [-0.2, 0) is 0 Å². The van der Waals surface area contributed by atoms with Crippen LogP contribution in [-0.4, -0.2) is 29.2 Å². The molecule has 0 saturated carbocycles. The lowest BCUT2D eigenvalue weighted by Crippen LogP contribution is -1.89. The molecule has 20 heavy (non-hydrogen) atoms. The molecule has 0 atom stereocenters. The molecule has 0 fully saturated rings. The summed E-state index contributed by atoms with van der Waals surface area (Å²) in [7, 11) is 1.57. The third-order valence-electron chi connectivity index (χ3n) is 2.67. The standard InChI is InChI=1S/C14H14N2O4/c1-8(15)12-13(17)11(20-14(12)18)7-16-9-3-5-10(19-2)6-4-9/h3-7,15,17-18H,1-2H3. The molecule has 6 nitrogen and oxygen atoms in total. The van der Waals surface area contributed by atoms with Gasteiger partial charge < -0.3 is 24.8 Å². The van der Waals surface area contributed by atoms with Crippen molar-refractivity contribution in [1.29, 1.82) is 5.41 Å². The first-order chi connectivity index (χ1) is 9.52. The van der Waals surface area contributed by atoms with Crippen LogP contribution in [0.3, 0.4) is 0 Å². The highest BCUT2D eigenvalue weighted by molar-refractivity contribution is 6.03. The Hall–Kier alpha value is -2.76. The van der Waals surface area contributed by atoms with Gasteiger partial charge in [-0.2, -0.15) is 0 Å². The molecule has 1 aromatic carbocycles. The molecule has 0 aliphatic rings. The highest BCUT2D eigenvalue weighted by atomic mass is 16.5. The van der Waals surface area contributed by atoms with Crippen molar-refractivity contribution in [3.63, 3.8) is 0 Å². The molecule has 0 aliphatic heterocycles. The van der Waals surface area contributed by atoms with Gasteiger partial charge in [-0.1, -0.05) is 0 Å². The van der Waals surface area contributed by atoms with Gasteiger partial charge >= 0.3 is 0 Å². The summed E-state index contributed by atoms with van der Waals surface area (Å²) in [6, 6.07) is 6.97. The van der Waals surface area contributed by atoms with E-state index in [0.29, 0.717) is 11.4 Å². The Labute approximate surface area is 115 Å². The smallest absolute Gasteiger partial charge is 0.295 e. The molecule has 0 unspecified atom stereocenters. The average Bonchev–Trinajstić information content (AvgIpc) is 2.71. The number of nitrogens with zero attached hydrogens (tertiary/aromatic N) is 1. The molecular formula is C14H14N2O4. The minimum absolute atomic E-state index is 0.0000759. The van der Waals surface area contributed by atoms with Crippen molar-refractivity contribution < 1.29 is 19.4 Å². The van der Waals surface area contributed by atoms with Gasteiger partial charge in [0.1, 0.15) is 11.3 Å². The molecule has 0 aliphatic carbocycles. The minimum atomic E-state index is -0.494. The molecule has 0 saturated heterocycles. The minimum Gasteiger partial charge on any atom is -0.504 e. The van der Waals surface area contributed by atoms with Gasteiger partial charge in [0.25, 0.3) is 5.95 Å². The van der Waals surface area contributed by atoms with Crippen LogP contribution in [0, 0.1) is 5.41 Å². The number of hydrogen-bond acceptors (Lipinski definition) is 6. The quantitative estimate of drug-likeness (QED) is 0.746. The van der Waals surface area contributed by atoms with E-state index in [1.54, 1.807) is 31.4 Å². The second-order valence-corrected chi connectivity index (χ2v) is 4.08. The zero-order valence-corrected chi connectivity index (χ0v) is 11.0. The van der Waals surface area contributed by atoms with Gasteiger partial charge in [-0.3, -0.25) is 4.99 Å². The lowest BCUT2D eigenvalue weighted by Gasteiger charge is -1.98. The average molecular weight is 274 g/mol. The second kappa shape index (κ2) is 5.48. The number of aliphatic imine (C=N–C) groups is 1. The molecule has 104 valence electrons. The number of hydrogen-bond donors (Lipinski definition) is 3. The van der Waals surface area contributed by atoms with E-state index in [-0.39, 0.29) is 22.8 Å². The van der Waals surface area contributed by atoms with E-state index in [0.717, 1.165) is 0 Å². The first kappa shape index (κ1) is 13.7. The van der Waals surface area contributed by atoms with E-state index >= 15 is 0 Å². The van der Waals surface area contributed by atoms with Crippen LogP contribution in [0.4, 0.5) is 5.69 Å². The molecule has 0 bridgehead atoms. The second-order valence-electron chi connectivity index (χ2n) is 4.08. The molecule has 2 aromatic rings. The largest absolute Gasteiger partial charge is 0.504 e. The Morgan fingerprint density at radius 1 is 1.30 bits per heavy atom. The maximum Gasteiger partial charge on any atom is 0.295 e. The Balaban J connectivity index is 2.27. The van der Waals surface area contributed by atoms with Gasteiger partial charge in [0.2, 0.25) is 0 Å². The first-order valence-corrected chi connectivity index (χ1v) is 5.81. The van der Waals surface area contributed by atoms with Gasteiger partial charge in [0, 0.05) is 5.71 Å². The normalized spacial score (nSPS) is 10.9. The predicted octanol–water partition coefficient (Wildman–Crippen LogP) is 2.84. The fraction of sp³-hybridized carbons (Fsp3) is 0.143. The third-order valence-corrected chi connectivity index (χ3v) is 2.67. The molecule has 1 aromatic heterocycles. The van der Waals surface area contributed by atoms with Crippen LogP contribution < -0.4 is 4.74 Å². The molecule has 0 radical (unpaired) electrons. The summed E-state index contributed by atoms with van der Waals surface area (Å²) < 4.78 is 9.99. The lowest BCUT2D eigenvalue weighted by molar-refractivity contribution is 0.329. The van der Waals surface area contributed by atoms with Crippen LogP contribution in [0.25, 0.3) is 0 Å². The number of rotatable bonds is 4. The maximum atomic E-state index is 9.83. The van der Waals surface area contributed by atoms with E-state index in [1.807, 2.05) is 0 Å². The maximum absolute atomic E-state index is 9.83. The molecular weight excluding hydrogens is 260 g/mol. The Morgan fingerprint density at radius 2 is 1.95 bits per heavy atom. The number of ether oxygens (including phenoxy) is 1. The van der Waals surface area contributed by atoms with Crippen molar-refractivity contribution in [3.05, 3.63) is 35.6 Å². The SMILES string of the molecule is COc1ccc(N=Cc2oc(O)c(C(C)=N)c2O)cc1. The summed E-state index contributed by atoms with van der Waals surface area (Å²) in [6.07, 6.45) is 1.28. The number of methoxy groups -OCH3 is 1. The van der Waals surface area contributed by atoms with E-state index in [2.05, 4.69) is 4.99 Å². The number of nitrogens with one attached hydrogen (secondary N) is 1. The zero-order chi connectivity index (χ0) is 14.7. The van der Waals surface area contributed by atoms with Crippen LogP contribution in [0.15, 0.2) is 33.7 Å². The topological polar surface area (TPSA) is 99.0 Å². The van der Waals surface area contributed by atoms with Crippen LogP contribution in [0.1, 0.15) is 18.2 Å². The number of aromatic hydroxyl groups is 2. The fourth-order valence-corrected chi connectivity index (χ4v) is 1.65. The van der Waals surface area contributed by atoms with Crippen molar-refractivity contribution in [2.45, 2.75) is 6.92 Å². The van der Waals surface area contributed by atoms with Crippen molar-refractivity contribution in [1.82, 2.24) is 0 Å². The Bertz CT molecular complexity index is 657.